The summed E-state index contributed by atoms with van der Waals surface area (Å²) in [5.74, 6) is 0.180. The molecule has 0 saturated carbocycles. The first kappa shape index (κ1) is 17.2. The second-order valence-corrected chi connectivity index (χ2v) is 8.75. The predicted octanol–water partition coefficient (Wildman–Crippen LogP) is 0.375. The van der Waals surface area contributed by atoms with Gasteiger partial charge in [-0.2, -0.15) is 9.40 Å². The molecule has 4 rings (SSSR count). The van der Waals surface area contributed by atoms with Crippen LogP contribution >= 0.6 is 0 Å². The Kier molecular flexibility index (Phi) is 4.31. The fourth-order valence-corrected chi connectivity index (χ4v) is 5.06. The van der Waals surface area contributed by atoms with Gasteiger partial charge in [-0.3, -0.25) is 9.48 Å². The number of rotatable bonds is 5. The van der Waals surface area contributed by atoms with Crippen LogP contribution in [0.3, 0.4) is 0 Å². The van der Waals surface area contributed by atoms with Crippen LogP contribution in [0.5, 0.6) is 0 Å². The molecule has 0 radical (unpaired) electrons. The topological polar surface area (TPSA) is 93.3 Å². The molecule has 1 amide bonds. The molecular formula is C16H22N6O3S. The monoisotopic (exact) mass is 378 g/mol. The molecule has 0 bridgehead atoms. The number of hydrogen-bond donors (Lipinski definition) is 0. The molecule has 26 heavy (non-hydrogen) atoms. The van der Waals surface area contributed by atoms with E-state index in [4.69, 9.17) is 0 Å². The third-order valence-electron chi connectivity index (χ3n) is 5.04. The van der Waals surface area contributed by atoms with Crippen LogP contribution in [0.1, 0.15) is 31.0 Å². The first-order chi connectivity index (χ1) is 12.4. The van der Waals surface area contributed by atoms with Crippen molar-refractivity contribution in [2.75, 3.05) is 19.6 Å². The van der Waals surface area contributed by atoms with E-state index in [0.29, 0.717) is 25.9 Å². The molecule has 1 fully saturated rings. The highest BCUT2D eigenvalue weighted by atomic mass is 32.2. The van der Waals surface area contributed by atoms with Crippen molar-refractivity contribution in [2.45, 2.75) is 36.9 Å². The zero-order valence-corrected chi connectivity index (χ0v) is 15.5. The molecule has 1 atom stereocenters. The van der Waals surface area contributed by atoms with Crippen LogP contribution in [0.2, 0.25) is 0 Å². The van der Waals surface area contributed by atoms with Crippen LogP contribution < -0.4 is 0 Å². The summed E-state index contributed by atoms with van der Waals surface area (Å²) < 4.78 is 30.9. The third kappa shape index (κ3) is 3.03. The van der Waals surface area contributed by atoms with Crippen molar-refractivity contribution in [1.82, 2.24) is 28.5 Å². The molecule has 140 valence electrons. The number of sulfonamides is 1. The number of imidazole rings is 1. The van der Waals surface area contributed by atoms with Gasteiger partial charge in [-0.15, -0.1) is 0 Å². The van der Waals surface area contributed by atoms with Gasteiger partial charge in [0.1, 0.15) is 0 Å². The van der Waals surface area contributed by atoms with E-state index in [2.05, 4.69) is 10.1 Å². The van der Waals surface area contributed by atoms with Gasteiger partial charge in [-0.25, -0.2) is 13.4 Å². The molecule has 2 aliphatic rings. The lowest BCUT2D eigenvalue weighted by atomic mass is 10.1. The predicted molar refractivity (Wildman–Crippen MR) is 92.5 cm³/mol. The molecule has 10 heteroatoms. The van der Waals surface area contributed by atoms with Gasteiger partial charge in [0.25, 0.3) is 10.0 Å². The van der Waals surface area contributed by atoms with E-state index in [1.54, 1.807) is 17.8 Å². The summed E-state index contributed by atoms with van der Waals surface area (Å²) in [6.07, 6.45) is 6.88. The average Bonchev–Trinajstić information content (AvgIpc) is 3.33. The number of hydrogen-bond acceptors (Lipinski definition) is 5. The number of amides is 1. The molecule has 0 N–H and O–H groups in total. The minimum atomic E-state index is -3.66. The number of nitrogens with zero attached hydrogens (tertiary/aromatic N) is 6. The Balaban J connectivity index is 1.55. The lowest BCUT2D eigenvalue weighted by molar-refractivity contribution is -0.127. The number of likely N-dealkylation sites (tertiary alicyclic amines) is 1. The Morgan fingerprint density at radius 2 is 2.19 bits per heavy atom. The molecule has 9 nitrogen and oxygen atoms in total. The van der Waals surface area contributed by atoms with E-state index in [1.807, 2.05) is 15.6 Å². The fourth-order valence-electron chi connectivity index (χ4n) is 3.65. The number of carbonyl (C=O) groups excluding carboxylic acids is 1. The highest BCUT2D eigenvalue weighted by molar-refractivity contribution is 7.89. The lowest BCUT2D eigenvalue weighted by Crippen LogP contribution is -2.42. The van der Waals surface area contributed by atoms with Crippen molar-refractivity contribution in [3.63, 3.8) is 0 Å². The van der Waals surface area contributed by atoms with Gasteiger partial charge in [0.05, 0.1) is 24.6 Å². The van der Waals surface area contributed by atoms with Crippen molar-refractivity contribution >= 4 is 15.9 Å². The summed E-state index contributed by atoms with van der Waals surface area (Å²) in [7, 11) is -1.92. The number of carbonyl (C=O) groups is 1. The molecule has 0 unspecified atom stereocenters. The first-order valence-electron chi connectivity index (χ1n) is 8.73. The van der Waals surface area contributed by atoms with Gasteiger partial charge in [-0.05, 0) is 18.9 Å². The highest BCUT2D eigenvalue weighted by Crippen LogP contribution is 2.28. The average molecular weight is 378 g/mol. The third-order valence-corrected chi connectivity index (χ3v) is 6.74. The molecule has 4 heterocycles. The van der Waals surface area contributed by atoms with E-state index in [1.165, 1.54) is 16.8 Å². The second kappa shape index (κ2) is 6.51. The van der Waals surface area contributed by atoms with E-state index in [-0.39, 0.29) is 23.5 Å². The van der Waals surface area contributed by atoms with Gasteiger partial charge in [-0.1, -0.05) is 0 Å². The Hall–Kier alpha value is -2.20. The SMILES string of the molecule is Cn1cnc(S(=O)(=O)N2Cc3ccnn3[C@@H](CCN3CCCC3=O)C2)c1. The second-order valence-electron chi connectivity index (χ2n) is 6.87. The van der Waals surface area contributed by atoms with Crippen molar-refractivity contribution in [2.24, 2.45) is 7.05 Å². The van der Waals surface area contributed by atoms with Crippen LogP contribution in [0.25, 0.3) is 0 Å². The zero-order chi connectivity index (χ0) is 18.3. The fraction of sp³-hybridized carbons (Fsp3) is 0.562. The summed E-state index contributed by atoms with van der Waals surface area (Å²) in [6.45, 7) is 2.02. The Morgan fingerprint density at radius 1 is 1.35 bits per heavy atom. The van der Waals surface area contributed by atoms with Crippen LogP contribution in [0.4, 0.5) is 0 Å². The number of aromatic nitrogens is 4. The number of aryl methyl sites for hydroxylation is 1. The first-order valence-corrected chi connectivity index (χ1v) is 10.2. The zero-order valence-electron chi connectivity index (χ0n) is 14.7. The minimum absolute atomic E-state index is 0.0569. The quantitative estimate of drug-likeness (QED) is 0.750. The maximum absolute atomic E-state index is 12.9. The summed E-state index contributed by atoms with van der Waals surface area (Å²) in [5, 5.41) is 4.42. The molecule has 0 aromatic carbocycles. The van der Waals surface area contributed by atoms with Crippen molar-refractivity contribution < 1.29 is 13.2 Å². The Bertz CT molecular complexity index is 918. The van der Waals surface area contributed by atoms with Crippen molar-refractivity contribution in [1.29, 1.82) is 0 Å². The maximum atomic E-state index is 12.9. The summed E-state index contributed by atoms with van der Waals surface area (Å²) in [5.41, 5.74) is 0.855. The molecule has 2 aliphatic heterocycles. The molecule has 0 spiro atoms. The smallest absolute Gasteiger partial charge is 0.262 e. The van der Waals surface area contributed by atoms with E-state index in [9.17, 15) is 13.2 Å². The van der Waals surface area contributed by atoms with Crippen molar-refractivity contribution in [3.05, 3.63) is 30.5 Å². The molecular weight excluding hydrogens is 356 g/mol. The molecule has 2 aromatic rings. The molecule has 0 aliphatic carbocycles. The standard InChI is InChI=1S/C16H22N6O3S/c1-19-11-15(17-12-19)26(24,25)21-9-13-4-6-18-22(13)14(10-21)5-8-20-7-2-3-16(20)23/h4,6,11-12,14H,2-3,5,7-10H2,1H3/t14-/m0/s1. The summed E-state index contributed by atoms with van der Waals surface area (Å²) >= 11 is 0. The van der Waals surface area contributed by atoms with E-state index in [0.717, 1.165) is 18.7 Å². The van der Waals surface area contributed by atoms with Crippen molar-refractivity contribution in [3.8, 4) is 0 Å². The van der Waals surface area contributed by atoms with Gasteiger partial charge >= 0.3 is 0 Å². The van der Waals surface area contributed by atoms with Gasteiger partial charge < -0.3 is 9.47 Å². The minimum Gasteiger partial charge on any atom is -0.343 e. The number of fused-ring (bicyclic) bond motifs is 1. The van der Waals surface area contributed by atoms with Crippen LogP contribution in [-0.4, -0.2) is 62.5 Å². The van der Waals surface area contributed by atoms with Gasteiger partial charge in [0.15, 0.2) is 5.03 Å². The van der Waals surface area contributed by atoms with Gasteiger partial charge in [0.2, 0.25) is 5.91 Å². The highest BCUT2D eigenvalue weighted by Gasteiger charge is 2.35. The van der Waals surface area contributed by atoms with Crippen LogP contribution in [-0.2, 0) is 28.4 Å². The Morgan fingerprint density at radius 3 is 2.88 bits per heavy atom. The summed E-state index contributed by atoms with van der Waals surface area (Å²) in [4.78, 5) is 17.7. The normalized spacial score (nSPS) is 21.3. The van der Waals surface area contributed by atoms with Gasteiger partial charge in [0, 0.05) is 45.5 Å². The maximum Gasteiger partial charge on any atom is 0.262 e. The van der Waals surface area contributed by atoms with Crippen LogP contribution in [0.15, 0.2) is 29.8 Å². The summed E-state index contributed by atoms with van der Waals surface area (Å²) in [6, 6.07) is 1.74. The lowest BCUT2D eigenvalue weighted by Gasteiger charge is -2.33. The molecule has 2 aromatic heterocycles. The van der Waals surface area contributed by atoms with Crippen LogP contribution in [0, 0.1) is 0 Å². The largest absolute Gasteiger partial charge is 0.343 e. The van der Waals surface area contributed by atoms with E-state index >= 15 is 0 Å². The Labute approximate surface area is 152 Å². The van der Waals surface area contributed by atoms with E-state index < -0.39 is 10.0 Å². The molecule has 1 saturated heterocycles.